The molecule has 6 heteroatoms. The van der Waals surface area contributed by atoms with Crippen molar-refractivity contribution in [2.45, 2.75) is 431 Å². The van der Waals surface area contributed by atoms with E-state index in [1.807, 2.05) is 6.08 Å². The van der Waals surface area contributed by atoms with Crippen LogP contribution in [0.15, 0.2) is 24.3 Å². The van der Waals surface area contributed by atoms with Crippen LogP contribution < -0.4 is 5.32 Å². The highest BCUT2D eigenvalue weighted by Crippen LogP contribution is 2.19. The highest BCUT2D eigenvalue weighted by molar-refractivity contribution is 5.76. The van der Waals surface area contributed by atoms with E-state index in [0.29, 0.717) is 19.4 Å². The largest absolute Gasteiger partial charge is 0.466 e. The van der Waals surface area contributed by atoms with Gasteiger partial charge >= 0.3 is 5.97 Å². The fourth-order valence-electron chi connectivity index (χ4n) is 11.8. The van der Waals surface area contributed by atoms with Gasteiger partial charge < -0.3 is 20.3 Å². The number of rotatable bonds is 70. The Bertz CT molecular complexity index is 1270. The van der Waals surface area contributed by atoms with E-state index in [-0.39, 0.29) is 18.5 Å². The smallest absolute Gasteiger partial charge is 0.305 e. The maximum atomic E-state index is 12.5. The number of carbonyl (C=O) groups is 2. The second-order valence-corrected chi connectivity index (χ2v) is 25.6. The van der Waals surface area contributed by atoms with Gasteiger partial charge in [-0.2, -0.15) is 0 Å². The number of unbranched alkanes of at least 4 members (excludes halogenated alkanes) is 57. The van der Waals surface area contributed by atoms with Crippen LogP contribution in [0.2, 0.25) is 0 Å². The molecule has 3 N–H and O–H groups in total. The number of aliphatic hydroxyl groups excluding tert-OH is 2. The molecule has 0 aliphatic heterocycles. The predicted octanol–water partition coefficient (Wildman–Crippen LogP) is 24.1. The van der Waals surface area contributed by atoms with E-state index in [9.17, 15) is 19.8 Å². The number of allylic oxidation sites excluding steroid dienone is 3. The van der Waals surface area contributed by atoms with Crippen molar-refractivity contribution in [2.24, 2.45) is 0 Å². The molecule has 480 valence electrons. The summed E-state index contributed by atoms with van der Waals surface area (Å²) in [5.74, 6) is -0.0407. The Morgan fingerprint density at radius 3 is 0.877 bits per heavy atom. The summed E-state index contributed by atoms with van der Waals surface area (Å²) in [4.78, 5) is 24.6. The van der Waals surface area contributed by atoms with Crippen LogP contribution >= 0.6 is 0 Å². The molecule has 0 radical (unpaired) electrons. The first-order chi connectivity index (χ1) is 40.0. The second-order valence-electron chi connectivity index (χ2n) is 25.6. The number of carbonyl (C=O) groups excluding carboxylic acids is 2. The molecular weight excluding hydrogens is 995 g/mol. The van der Waals surface area contributed by atoms with Crippen LogP contribution in [0.4, 0.5) is 0 Å². The summed E-state index contributed by atoms with van der Waals surface area (Å²) in [6.07, 6.45) is 90.0. The van der Waals surface area contributed by atoms with E-state index in [1.165, 1.54) is 353 Å². The number of ether oxygens (including phenoxy) is 1. The molecule has 0 rings (SSSR count). The van der Waals surface area contributed by atoms with Gasteiger partial charge in [0.2, 0.25) is 5.91 Å². The van der Waals surface area contributed by atoms with Crippen LogP contribution in [0, 0.1) is 0 Å². The summed E-state index contributed by atoms with van der Waals surface area (Å²) in [7, 11) is 0. The van der Waals surface area contributed by atoms with Gasteiger partial charge in [-0.1, -0.05) is 372 Å². The Labute approximate surface area is 507 Å². The summed E-state index contributed by atoms with van der Waals surface area (Å²) in [6, 6.07) is -0.624. The molecule has 0 saturated carbocycles. The molecule has 0 aliphatic rings. The molecule has 0 aromatic heterocycles. The Balaban J connectivity index is 3.32. The van der Waals surface area contributed by atoms with Crippen molar-refractivity contribution in [3.63, 3.8) is 0 Å². The number of hydrogen-bond acceptors (Lipinski definition) is 5. The van der Waals surface area contributed by atoms with Crippen molar-refractivity contribution in [3.05, 3.63) is 24.3 Å². The molecule has 0 bridgehead atoms. The standard InChI is InChI=1S/C75H145NO5/c1-3-5-7-9-11-13-15-17-19-20-34-38-41-45-49-53-57-61-65-69-75(80)81-70-66-62-58-54-50-46-42-39-36-33-31-29-27-25-23-21-22-24-26-28-30-32-35-37-40-44-48-52-56-60-64-68-74(79)76-72(71-77)73(78)67-63-59-55-51-47-43-18-16-14-12-10-8-6-4-2/h17,19,63,67,72-73,77-78H,3-16,18,20-62,64-66,68-71H2,1-2H3,(H,76,79)/b19-17-,67-63+. The van der Waals surface area contributed by atoms with Crippen molar-refractivity contribution in [1.82, 2.24) is 5.32 Å². The topological polar surface area (TPSA) is 95.9 Å². The Hall–Kier alpha value is -1.66. The predicted molar refractivity (Wildman–Crippen MR) is 356 cm³/mol. The minimum atomic E-state index is -0.841. The maximum absolute atomic E-state index is 12.5. The molecule has 6 nitrogen and oxygen atoms in total. The number of hydrogen-bond donors (Lipinski definition) is 3. The van der Waals surface area contributed by atoms with E-state index >= 15 is 0 Å². The van der Waals surface area contributed by atoms with Gasteiger partial charge in [0.25, 0.3) is 0 Å². The zero-order valence-corrected chi connectivity index (χ0v) is 55.0. The highest BCUT2D eigenvalue weighted by atomic mass is 16.5. The van der Waals surface area contributed by atoms with Crippen LogP contribution in [0.25, 0.3) is 0 Å². The van der Waals surface area contributed by atoms with Gasteiger partial charge in [-0.25, -0.2) is 0 Å². The Morgan fingerprint density at radius 1 is 0.333 bits per heavy atom. The molecule has 0 aromatic rings. The maximum Gasteiger partial charge on any atom is 0.305 e. The Morgan fingerprint density at radius 2 is 0.580 bits per heavy atom. The van der Waals surface area contributed by atoms with Crippen LogP contribution in [0.3, 0.4) is 0 Å². The third-order valence-electron chi connectivity index (χ3n) is 17.5. The quantitative estimate of drug-likeness (QED) is 0.0320. The van der Waals surface area contributed by atoms with Gasteiger partial charge in [-0.3, -0.25) is 9.59 Å². The van der Waals surface area contributed by atoms with Gasteiger partial charge in [0.05, 0.1) is 25.4 Å². The van der Waals surface area contributed by atoms with E-state index in [0.717, 1.165) is 38.5 Å². The molecule has 0 aliphatic carbocycles. The number of nitrogens with one attached hydrogen (secondary N) is 1. The van der Waals surface area contributed by atoms with E-state index in [2.05, 4.69) is 31.3 Å². The van der Waals surface area contributed by atoms with Gasteiger partial charge in [0, 0.05) is 12.8 Å². The lowest BCUT2D eigenvalue weighted by molar-refractivity contribution is -0.143. The second kappa shape index (κ2) is 70.8. The Kier molecular flexibility index (Phi) is 69.4. The van der Waals surface area contributed by atoms with Gasteiger partial charge in [0.1, 0.15) is 0 Å². The minimum Gasteiger partial charge on any atom is -0.466 e. The van der Waals surface area contributed by atoms with Crippen LogP contribution in [0.1, 0.15) is 418 Å². The third kappa shape index (κ3) is 67.3. The van der Waals surface area contributed by atoms with Crippen LogP contribution in [0.5, 0.6) is 0 Å². The average Bonchev–Trinajstić information content (AvgIpc) is 3.47. The molecule has 0 aromatic carbocycles. The van der Waals surface area contributed by atoms with Crippen LogP contribution in [-0.4, -0.2) is 47.4 Å². The molecule has 0 spiro atoms. The molecule has 0 fully saturated rings. The number of amides is 1. The molecular formula is C75H145NO5. The van der Waals surface area contributed by atoms with E-state index in [4.69, 9.17) is 4.74 Å². The first-order valence-corrected chi connectivity index (χ1v) is 37.1. The number of esters is 1. The molecule has 0 saturated heterocycles. The van der Waals surface area contributed by atoms with Gasteiger partial charge in [0.15, 0.2) is 0 Å². The summed E-state index contributed by atoms with van der Waals surface area (Å²) in [5.41, 5.74) is 0. The SMILES string of the molecule is CCCCCCCC/C=C\CCCCCCCCCCCC(=O)OCCCCCCCCCCCCCCCCCCCCCCCCCCCCCCCCCC(=O)NC(CO)C(O)/C=C/CCCCCCCCCCCCCC. The van der Waals surface area contributed by atoms with Crippen molar-refractivity contribution in [3.8, 4) is 0 Å². The lowest BCUT2D eigenvalue weighted by Crippen LogP contribution is -2.45. The lowest BCUT2D eigenvalue weighted by Gasteiger charge is -2.20. The van der Waals surface area contributed by atoms with Gasteiger partial charge in [-0.05, 0) is 57.8 Å². The molecule has 81 heavy (non-hydrogen) atoms. The summed E-state index contributed by atoms with van der Waals surface area (Å²) in [6.45, 7) is 4.94. The van der Waals surface area contributed by atoms with Crippen molar-refractivity contribution in [1.29, 1.82) is 0 Å². The minimum absolute atomic E-state index is 0.0207. The van der Waals surface area contributed by atoms with Crippen molar-refractivity contribution in [2.75, 3.05) is 13.2 Å². The summed E-state index contributed by atoms with van der Waals surface area (Å²) >= 11 is 0. The van der Waals surface area contributed by atoms with E-state index < -0.39 is 12.1 Å². The number of aliphatic hydroxyl groups is 2. The lowest BCUT2D eigenvalue weighted by atomic mass is 10.0. The normalized spacial score (nSPS) is 12.6. The highest BCUT2D eigenvalue weighted by Gasteiger charge is 2.18. The molecule has 0 heterocycles. The van der Waals surface area contributed by atoms with Crippen molar-refractivity contribution < 1.29 is 24.5 Å². The summed E-state index contributed by atoms with van der Waals surface area (Å²) in [5, 5.41) is 23.2. The first-order valence-electron chi connectivity index (χ1n) is 37.1. The first kappa shape index (κ1) is 79.3. The molecule has 1 amide bonds. The van der Waals surface area contributed by atoms with Gasteiger partial charge in [-0.15, -0.1) is 0 Å². The zero-order valence-electron chi connectivity index (χ0n) is 55.0. The monoisotopic (exact) mass is 1140 g/mol. The summed E-state index contributed by atoms with van der Waals surface area (Å²) < 4.78 is 5.52. The van der Waals surface area contributed by atoms with Crippen LogP contribution in [-0.2, 0) is 14.3 Å². The van der Waals surface area contributed by atoms with Crippen molar-refractivity contribution >= 4 is 11.9 Å². The fraction of sp³-hybridized carbons (Fsp3) is 0.920. The third-order valence-corrected chi connectivity index (χ3v) is 17.5. The average molecular weight is 1140 g/mol. The zero-order chi connectivity index (χ0) is 58.5. The molecule has 2 atom stereocenters. The van der Waals surface area contributed by atoms with E-state index in [1.54, 1.807) is 6.08 Å². The molecule has 2 unspecified atom stereocenters. The fourth-order valence-corrected chi connectivity index (χ4v) is 11.8.